The molecule has 0 bridgehead atoms. The molecule has 0 aliphatic heterocycles. The first-order chi connectivity index (χ1) is 10.1. The number of fused-ring (bicyclic) bond motifs is 1. The summed E-state index contributed by atoms with van der Waals surface area (Å²) < 4.78 is 13.9. The molecular formula is C18H21FN2. The molecule has 0 saturated heterocycles. The van der Waals surface area contributed by atoms with E-state index in [9.17, 15) is 4.39 Å². The highest BCUT2D eigenvalue weighted by molar-refractivity contribution is 5.30. The number of aromatic nitrogens is 1. The van der Waals surface area contributed by atoms with Crippen molar-refractivity contribution in [1.29, 1.82) is 0 Å². The Morgan fingerprint density at radius 1 is 1.29 bits per heavy atom. The molecule has 1 aromatic carbocycles. The third kappa shape index (κ3) is 2.84. The molecule has 3 rings (SSSR count). The van der Waals surface area contributed by atoms with Gasteiger partial charge in [0.25, 0.3) is 0 Å². The smallest absolute Gasteiger partial charge is 0.126 e. The maximum absolute atomic E-state index is 13.9. The second kappa shape index (κ2) is 5.57. The molecule has 1 aliphatic rings. The van der Waals surface area contributed by atoms with E-state index in [1.807, 2.05) is 31.3 Å². The van der Waals surface area contributed by atoms with Crippen molar-refractivity contribution >= 4 is 0 Å². The zero-order chi connectivity index (χ0) is 14.9. The van der Waals surface area contributed by atoms with E-state index >= 15 is 0 Å². The van der Waals surface area contributed by atoms with E-state index in [1.165, 1.54) is 11.6 Å². The number of nitrogens with zero attached hydrogens (tertiary/aromatic N) is 1. The van der Waals surface area contributed by atoms with Gasteiger partial charge in [0, 0.05) is 23.3 Å². The highest BCUT2D eigenvalue weighted by Crippen LogP contribution is 2.38. The number of aryl methyl sites for hydroxylation is 1. The van der Waals surface area contributed by atoms with Gasteiger partial charge in [0.15, 0.2) is 0 Å². The van der Waals surface area contributed by atoms with E-state index < -0.39 is 5.54 Å². The van der Waals surface area contributed by atoms with Crippen LogP contribution in [-0.4, -0.2) is 10.5 Å². The molecule has 0 fully saturated rings. The summed E-state index contributed by atoms with van der Waals surface area (Å²) in [5.74, 6) is 0.00767. The Morgan fingerprint density at radius 2 is 2.10 bits per heavy atom. The van der Waals surface area contributed by atoms with Crippen LogP contribution < -0.4 is 5.73 Å². The number of hydrogen-bond acceptors (Lipinski definition) is 2. The number of nitrogens with two attached hydrogens (primary N) is 1. The molecule has 2 aromatic rings. The van der Waals surface area contributed by atoms with Crippen molar-refractivity contribution in [2.75, 3.05) is 0 Å². The van der Waals surface area contributed by atoms with E-state index in [1.54, 1.807) is 6.07 Å². The summed E-state index contributed by atoms with van der Waals surface area (Å²) in [7, 11) is 0. The van der Waals surface area contributed by atoms with Gasteiger partial charge in [-0.1, -0.05) is 24.3 Å². The first-order valence-electron chi connectivity index (χ1n) is 7.54. The van der Waals surface area contributed by atoms with Crippen LogP contribution in [0.1, 0.15) is 42.5 Å². The van der Waals surface area contributed by atoms with Crippen LogP contribution in [0.2, 0.25) is 0 Å². The van der Waals surface area contributed by atoms with Crippen LogP contribution in [0.5, 0.6) is 0 Å². The number of rotatable bonds is 3. The van der Waals surface area contributed by atoms with E-state index in [4.69, 9.17) is 5.73 Å². The minimum Gasteiger partial charge on any atom is -0.324 e. The van der Waals surface area contributed by atoms with Gasteiger partial charge in [-0.25, -0.2) is 4.39 Å². The molecular weight excluding hydrogens is 263 g/mol. The fourth-order valence-corrected chi connectivity index (χ4v) is 3.43. The van der Waals surface area contributed by atoms with Crippen LogP contribution in [0, 0.1) is 5.82 Å². The van der Waals surface area contributed by atoms with Gasteiger partial charge in [-0.05, 0) is 55.9 Å². The fourth-order valence-electron chi connectivity index (χ4n) is 3.43. The Labute approximate surface area is 125 Å². The summed E-state index contributed by atoms with van der Waals surface area (Å²) in [6.45, 7) is 2.02. The quantitative estimate of drug-likeness (QED) is 0.935. The second-order valence-electron chi connectivity index (χ2n) is 6.27. The summed E-state index contributed by atoms with van der Waals surface area (Å²) in [5, 5.41) is 0. The molecule has 3 heteroatoms. The molecule has 2 atom stereocenters. The SMILES string of the molecule is CC(N)(Cc1ccccc1F)C1CCCc2cccnc21. The highest BCUT2D eigenvalue weighted by atomic mass is 19.1. The van der Waals surface area contributed by atoms with Crippen LogP contribution in [-0.2, 0) is 12.8 Å². The van der Waals surface area contributed by atoms with Gasteiger partial charge in [0.2, 0.25) is 0 Å². The third-order valence-corrected chi connectivity index (χ3v) is 4.52. The zero-order valence-corrected chi connectivity index (χ0v) is 12.3. The minimum atomic E-state index is -0.494. The average Bonchev–Trinajstić information content (AvgIpc) is 2.49. The van der Waals surface area contributed by atoms with Crippen molar-refractivity contribution < 1.29 is 4.39 Å². The molecule has 0 radical (unpaired) electrons. The van der Waals surface area contributed by atoms with Crippen molar-refractivity contribution in [3.05, 3.63) is 65.2 Å². The Kier molecular flexibility index (Phi) is 3.77. The van der Waals surface area contributed by atoms with Gasteiger partial charge in [-0.3, -0.25) is 4.98 Å². The molecule has 1 aliphatic carbocycles. The van der Waals surface area contributed by atoms with E-state index in [0.29, 0.717) is 12.0 Å². The summed E-state index contributed by atoms with van der Waals surface area (Å²) in [6.07, 6.45) is 5.56. The maximum atomic E-state index is 13.9. The Bertz CT molecular complexity index is 637. The lowest BCUT2D eigenvalue weighted by Crippen LogP contribution is -2.46. The first-order valence-corrected chi connectivity index (χ1v) is 7.54. The molecule has 21 heavy (non-hydrogen) atoms. The van der Waals surface area contributed by atoms with Gasteiger partial charge in [-0.15, -0.1) is 0 Å². The molecule has 2 N–H and O–H groups in total. The van der Waals surface area contributed by atoms with Crippen molar-refractivity contribution in [1.82, 2.24) is 4.98 Å². The van der Waals surface area contributed by atoms with E-state index in [0.717, 1.165) is 25.0 Å². The molecule has 2 unspecified atom stereocenters. The van der Waals surface area contributed by atoms with Crippen LogP contribution in [0.25, 0.3) is 0 Å². The first kappa shape index (κ1) is 14.2. The zero-order valence-electron chi connectivity index (χ0n) is 12.3. The van der Waals surface area contributed by atoms with Gasteiger partial charge >= 0.3 is 0 Å². The topological polar surface area (TPSA) is 38.9 Å². The monoisotopic (exact) mass is 284 g/mol. The molecule has 1 aromatic heterocycles. The van der Waals surface area contributed by atoms with Crippen LogP contribution in [0.4, 0.5) is 4.39 Å². The fraction of sp³-hybridized carbons (Fsp3) is 0.389. The lowest BCUT2D eigenvalue weighted by atomic mass is 9.72. The van der Waals surface area contributed by atoms with Crippen molar-refractivity contribution in [3.63, 3.8) is 0 Å². The van der Waals surface area contributed by atoms with Crippen molar-refractivity contribution in [2.45, 2.75) is 44.1 Å². The molecule has 0 amide bonds. The summed E-state index contributed by atoms with van der Waals surface area (Å²) >= 11 is 0. The summed E-state index contributed by atoms with van der Waals surface area (Å²) in [4.78, 5) is 4.56. The highest BCUT2D eigenvalue weighted by Gasteiger charge is 2.36. The third-order valence-electron chi connectivity index (χ3n) is 4.52. The second-order valence-corrected chi connectivity index (χ2v) is 6.27. The van der Waals surface area contributed by atoms with Crippen molar-refractivity contribution in [2.24, 2.45) is 5.73 Å². The minimum absolute atomic E-state index is 0.175. The van der Waals surface area contributed by atoms with Crippen LogP contribution in [0.15, 0.2) is 42.6 Å². The predicted molar refractivity (Wildman–Crippen MR) is 82.6 cm³/mol. The largest absolute Gasteiger partial charge is 0.324 e. The normalized spacial score (nSPS) is 20.6. The van der Waals surface area contributed by atoms with Gasteiger partial charge in [0.05, 0.1) is 0 Å². The predicted octanol–water partition coefficient (Wildman–Crippen LogP) is 3.60. The number of benzene rings is 1. The Morgan fingerprint density at radius 3 is 2.90 bits per heavy atom. The van der Waals surface area contributed by atoms with Crippen molar-refractivity contribution in [3.8, 4) is 0 Å². The molecule has 0 spiro atoms. The number of pyridine rings is 1. The maximum Gasteiger partial charge on any atom is 0.126 e. The summed E-state index contributed by atoms with van der Waals surface area (Å²) in [5.41, 5.74) is 9.18. The molecule has 110 valence electrons. The van der Waals surface area contributed by atoms with Crippen LogP contribution >= 0.6 is 0 Å². The van der Waals surface area contributed by atoms with Gasteiger partial charge in [-0.2, -0.15) is 0 Å². The van der Waals surface area contributed by atoms with Crippen LogP contribution in [0.3, 0.4) is 0 Å². The Balaban J connectivity index is 1.91. The van der Waals surface area contributed by atoms with E-state index in [-0.39, 0.29) is 11.7 Å². The molecule has 1 heterocycles. The average molecular weight is 284 g/mol. The van der Waals surface area contributed by atoms with E-state index in [2.05, 4.69) is 11.1 Å². The molecule has 0 saturated carbocycles. The molecule has 2 nitrogen and oxygen atoms in total. The van der Waals surface area contributed by atoms with Gasteiger partial charge in [0.1, 0.15) is 5.82 Å². The number of hydrogen-bond donors (Lipinski definition) is 1. The summed E-state index contributed by atoms with van der Waals surface area (Å²) in [6, 6.07) is 11.0. The Hall–Kier alpha value is -1.74. The number of halogens is 1. The van der Waals surface area contributed by atoms with Gasteiger partial charge < -0.3 is 5.73 Å². The standard InChI is InChI=1S/C18H21FN2/c1-18(20,12-14-6-2-3-10-16(14)19)15-9-4-7-13-8-5-11-21-17(13)15/h2-3,5-6,8,10-11,15H,4,7,9,12,20H2,1H3. The lowest BCUT2D eigenvalue weighted by molar-refractivity contribution is 0.327. The lowest BCUT2D eigenvalue weighted by Gasteiger charge is -2.37.